The van der Waals surface area contributed by atoms with Gasteiger partial charge in [0.2, 0.25) is 15.9 Å². The lowest BCUT2D eigenvalue weighted by Gasteiger charge is -2.12. The molecule has 1 unspecified atom stereocenters. The van der Waals surface area contributed by atoms with Crippen LogP contribution in [0.2, 0.25) is 5.02 Å². The molecule has 112 valence electrons. The number of anilines is 2. The largest absolute Gasteiger partial charge is 0.330 e. The van der Waals surface area contributed by atoms with Gasteiger partial charge in [-0.15, -0.1) is 0 Å². The van der Waals surface area contributed by atoms with Crippen LogP contribution >= 0.6 is 11.6 Å². The Hall–Kier alpha value is -1.31. The third kappa shape index (κ3) is 5.77. The van der Waals surface area contributed by atoms with Crippen molar-refractivity contribution in [1.29, 1.82) is 0 Å². The van der Waals surface area contributed by atoms with Crippen molar-refractivity contribution in [3.8, 4) is 0 Å². The van der Waals surface area contributed by atoms with Crippen LogP contribution in [0.5, 0.6) is 0 Å². The topological polar surface area (TPSA) is 101 Å². The number of nitrogens with two attached hydrogens (primary N) is 1. The molecular weight excluding hydrogens is 302 g/mol. The van der Waals surface area contributed by atoms with E-state index in [1.807, 2.05) is 6.92 Å². The summed E-state index contributed by atoms with van der Waals surface area (Å²) in [4.78, 5) is 11.8. The molecule has 0 aliphatic heterocycles. The molecule has 1 atom stereocenters. The van der Waals surface area contributed by atoms with Crippen LogP contribution in [0.3, 0.4) is 0 Å². The Balaban J connectivity index is 2.84. The molecule has 6 nitrogen and oxygen atoms in total. The summed E-state index contributed by atoms with van der Waals surface area (Å²) in [7, 11) is -3.38. The predicted octanol–water partition coefficient (Wildman–Crippen LogP) is 1.63. The van der Waals surface area contributed by atoms with E-state index in [1.165, 1.54) is 18.2 Å². The molecule has 1 amide bonds. The molecule has 0 heterocycles. The van der Waals surface area contributed by atoms with Gasteiger partial charge in [-0.3, -0.25) is 9.52 Å². The van der Waals surface area contributed by atoms with Gasteiger partial charge < -0.3 is 11.1 Å². The highest BCUT2D eigenvalue weighted by atomic mass is 35.5. The first-order chi connectivity index (χ1) is 9.21. The van der Waals surface area contributed by atoms with Gasteiger partial charge in [-0.2, -0.15) is 0 Å². The molecule has 0 fully saturated rings. The zero-order valence-corrected chi connectivity index (χ0v) is 12.9. The van der Waals surface area contributed by atoms with Crippen LogP contribution in [0.15, 0.2) is 18.2 Å². The van der Waals surface area contributed by atoms with Gasteiger partial charge in [-0.05, 0) is 30.7 Å². The number of halogens is 1. The first kappa shape index (κ1) is 16.7. The van der Waals surface area contributed by atoms with E-state index in [0.29, 0.717) is 22.9 Å². The van der Waals surface area contributed by atoms with E-state index in [-0.39, 0.29) is 18.2 Å². The quantitative estimate of drug-likeness (QED) is 0.741. The fourth-order valence-corrected chi connectivity index (χ4v) is 2.22. The van der Waals surface area contributed by atoms with Crippen LogP contribution in [0, 0.1) is 5.92 Å². The van der Waals surface area contributed by atoms with Crippen LogP contribution in [-0.2, 0) is 14.8 Å². The highest BCUT2D eigenvalue weighted by molar-refractivity contribution is 7.92. The Bertz CT molecular complexity index is 590. The maximum absolute atomic E-state index is 11.8. The van der Waals surface area contributed by atoms with Gasteiger partial charge in [0.1, 0.15) is 0 Å². The standard InChI is InChI=1S/C12H18ClN3O3S/c1-8(7-14)5-12(17)15-11-6-9(3-4-10(11)13)16-20(2,18)19/h3-4,6,8,16H,5,7,14H2,1-2H3,(H,15,17). The second-order valence-corrected chi connectivity index (χ2v) is 6.82. The lowest BCUT2D eigenvalue weighted by molar-refractivity contribution is -0.116. The second-order valence-electron chi connectivity index (χ2n) is 4.66. The summed E-state index contributed by atoms with van der Waals surface area (Å²) in [6.07, 6.45) is 1.32. The summed E-state index contributed by atoms with van der Waals surface area (Å²) >= 11 is 5.97. The number of rotatable bonds is 6. The second kappa shape index (κ2) is 6.92. The molecule has 0 aliphatic carbocycles. The minimum atomic E-state index is -3.38. The van der Waals surface area contributed by atoms with Gasteiger partial charge in [0.15, 0.2) is 0 Å². The highest BCUT2D eigenvalue weighted by Crippen LogP contribution is 2.26. The minimum absolute atomic E-state index is 0.0612. The van der Waals surface area contributed by atoms with Gasteiger partial charge in [0.05, 0.1) is 22.7 Å². The summed E-state index contributed by atoms with van der Waals surface area (Å²) in [5, 5.41) is 2.97. The number of nitrogens with one attached hydrogen (secondary N) is 2. The number of sulfonamides is 1. The zero-order valence-electron chi connectivity index (χ0n) is 11.3. The highest BCUT2D eigenvalue weighted by Gasteiger charge is 2.11. The van der Waals surface area contributed by atoms with E-state index in [0.717, 1.165) is 6.26 Å². The Kier molecular flexibility index (Phi) is 5.79. The predicted molar refractivity (Wildman–Crippen MR) is 81.4 cm³/mol. The van der Waals surface area contributed by atoms with Gasteiger partial charge in [0, 0.05) is 6.42 Å². The van der Waals surface area contributed by atoms with Crippen molar-refractivity contribution in [2.75, 3.05) is 22.8 Å². The lowest BCUT2D eigenvalue weighted by atomic mass is 10.1. The van der Waals surface area contributed by atoms with Crippen LogP contribution in [0.25, 0.3) is 0 Å². The Morgan fingerprint density at radius 3 is 2.65 bits per heavy atom. The van der Waals surface area contributed by atoms with Crippen molar-refractivity contribution < 1.29 is 13.2 Å². The fraction of sp³-hybridized carbons (Fsp3) is 0.417. The molecule has 0 aliphatic rings. The van der Waals surface area contributed by atoms with Crippen LogP contribution in [0.4, 0.5) is 11.4 Å². The number of carbonyl (C=O) groups excluding carboxylic acids is 1. The molecule has 0 aromatic heterocycles. The molecule has 0 saturated heterocycles. The molecule has 20 heavy (non-hydrogen) atoms. The number of carbonyl (C=O) groups is 1. The molecule has 0 bridgehead atoms. The van der Waals surface area contributed by atoms with Crippen molar-refractivity contribution in [2.24, 2.45) is 11.7 Å². The molecular formula is C12H18ClN3O3S. The number of amides is 1. The lowest BCUT2D eigenvalue weighted by Crippen LogP contribution is -2.20. The number of benzene rings is 1. The van der Waals surface area contributed by atoms with Gasteiger partial charge in [-0.25, -0.2) is 8.42 Å². The first-order valence-electron chi connectivity index (χ1n) is 5.98. The van der Waals surface area contributed by atoms with E-state index in [1.54, 1.807) is 0 Å². The average molecular weight is 320 g/mol. The Morgan fingerprint density at radius 2 is 2.10 bits per heavy atom. The summed E-state index contributed by atoms with van der Waals surface area (Å²) in [5.41, 5.74) is 6.14. The maximum atomic E-state index is 11.8. The monoisotopic (exact) mass is 319 g/mol. The van der Waals surface area contributed by atoms with Crippen molar-refractivity contribution in [2.45, 2.75) is 13.3 Å². The molecule has 1 aromatic carbocycles. The fourth-order valence-electron chi connectivity index (χ4n) is 1.50. The maximum Gasteiger partial charge on any atom is 0.229 e. The minimum Gasteiger partial charge on any atom is -0.330 e. The molecule has 0 spiro atoms. The van der Waals surface area contributed by atoms with Crippen molar-refractivity contribution in [3.63, 3.8) is 0 Å². The number of hydrogen-bond acceptors (Lipinski definition) is 4. The summed E-state index contributed by atoms with van der Waals surface area (Å²) in [6.45, 7) is 2.28. The van der Waals surface area contributed by atoms with E-state index in [9.17, 15) is 13.2 Å². The van der Waals surface area contributed by atoms with Gasteiger partial charge >= 0.3 is 0 Å². The average Bonchev–Trinajstić information content (AvgIpc) is 2.31. The first-order valence-corrected chi connectivity index (χ1v) is 8.25. The molecule has 0 saturated carbocycles. The molecule has 0 radical (unpaired) electrons. The third-order valence-electron chi connectivity index (χ3n) is 2.48. The summed E-state index contributed by atoms with van der Waals surface area (Å²) in [6, 6.07) is 4.49. The van der Waals surface area contributed by atoms with Crippen LogP contribution < -0.4 is 15.8 Å². The molecule has 8 heteroatoms. The zero-order chi connectivity index (χ0) is 15.3. The van der Waals surface area contributed by atoms with Crippen molar-refractivity contribution >= 4 is 38.9 Å². The van der Waals surface area contributed by atoms with Gasteiger partial charge in [0.25, 0.3) is 0 Å². The van der Waals surface area contributed by atoms with Crippen LogP contribution in [0.1, 0.15) is 13.3 Å². The van der Waals surface area contributed by atoms with Crippen LogP contribution in [-0.4, -0.2) is 27.1 Å². The third-order valence-corrected chi connectivity index (χ3v) is 3.42. The normalized spacial score (nSPS) is 12.8. The number of hydrogen-bond donors (Lipinski definition) is 3. The van der Waals surface area contributed by atoms with Crippen molar-refractivity contribution in [3.05, 3.63) is 23.2 Å². The smallest absolute Gasteiger partial charge is 0.229 e. The Labute approximate surface area is 123 Å². The summed E-state index contributed by atoms with van der Waals surface area (Å²) < 4.78 is 24.6. The van der Waals surface area contributed by atoms with E-state index in [4.69, 9.17) is 17.3 Å². The summed E-state index contributed by atoms with van der Waals surface area (Å²) in [5.74, 6) is -0.160. The van der Waals surface area contributed by atoms with E-state index < -0.39 is 10.0 Å². The SMILES string of the molecule is CC(CN)CC(=O)Nc1cc(NS(C)(=O)=O)ccc1Cl. The van der Waals surface area contributed by atoms with Gasteiger partial charge in [-0.1, -0.05) is 18.5 Å². The van der Waals surface area contributed by atoms with Crippen molar-refractivity contribution in [1.82, 2.24) is 0 Å². The van der Waals surface area contributed by atoms with E-state index >= 15 is 0 Å². The Morgan fingerprint density at radius 1 is 1.45 bits per heavy atom. The molecule has 1 rings (SSSR count). The molecule has 4 N–H and O–H groups in total. The van der Waals surface area contributed by atoms with E-state index in [2.05, 4.69) is 10.0 Å². The molecule has 1 aromatic rings.